The normalized spacial score (nSPS) is 21.1. The van der Waals surface area contributed by atoms with Gasteiger partial charge in [-0.2, -0.15) is 0 Å². The molecule has 0 radical (unpaired) electrons. The van der Waals surface area contributed by atoms with Crippen LogP contribution in [0.3, 0.4) is 0 Å². The molecule has 0 aromatic heterocycles. The van der Waals surface area contributed by atoms with Crippen molar-refractivity contribution in [2.24, 2.45) is 11.7 Å². The summed E-state index contributed by atoms with van der Waals surface area (Å²) >= 11 is 0. The molecule has 3 unspecified atom stereocenters. The van der Waals surface area contributed by atoms with Gasteiger partial charge < -0.3 is 15.2 Å². The molecule has 20 heavy (non-hydrogen) atoms. The Kier molecular flexibility index (Phi) is 5.44. The Balaban J connectivity index is 2.06. The molecule has 1 aliphatic rings. The first-order valence-corrected chi connectivity index (χ1v) is 7.72. The van der Waals surface area contributed by atoms with Gasteiger partial charge in [-0.15, -0.1) is 0 Å². The molecule has 1 aliphatic heterocycles. The summed E-state index contributed by atoms with van der Waals surface area (Å²) < 4.78 is 11.6. The van der Waals surface area contributed by atoms with Gasteiger partial charge in [-0.1, -0.05) is 32.0 Å². The first kappa shape index (κ1) is 15.3. The predicted molar refractivity (Wildman–Crippen MR) is 82.1 cm³/mol. The average Bonchev–Trinajstić information content (AvgIpc) is 2.44. The molecular formula is C17H27NO2. The van der Waals surface area contributed by atoms with Crippen LogP contribution in [-0.4, -0.2) is 25.4 Å². The lowest BCUT2D eigenvalue weighted by atomic mass is 9.84. The summed E-state index contributed by atoms with van der Waals surface area (Å²) in [4.78, 5) is 0. The summed E-state index contributed by atoms with van der Waals surface area (Å²) in [5.74, 6) is 1.95. The van der Waals surface area contributed by atoms with Crippen LogP contribution in [0.2, 0.25) is 0 Å². The number of fused-ring (bicyclic) bond motifs is 1. The van der Waals surface area contributed by atoms with Crippen LogP contribution >= 0.6 is 0 Å². The number of rotatable bonds is 6. The Labute approximate surface area is 122 Å². The molecule has 1 aromatic carbocycles. The molecule has 0 bridgehead atoms. The van der Waals surface area contributed by atoms with Gasteiger partial charge in [-0.3, -0.25) is 0 Å². The van der Waals surface area contributed by atoms with Crippen molar-refractivity contribution < 1.29 is 9.47 Å². The van der Waals surface area contributed by atoms with Crippen LogP contribution in [0.5, 0.6) is 5.75 Å². The molecule has 2 N–H and O–H groups in total. The van der Waals surface area contributed by atoms with E-state index in [9.17, 15) is 0 Å². The van der Waals surface area contributed by atoms with E-state index in [0.29, 0.717) is 11.8 Å². The van der Waals surface area contributed by atoms with Gasteiger partial charge in [-0.05, 0) is 43.2 Å². The van der Waals surface area contributed by atoms with Crippen LogP contribution in [0.15, 0.2) is 24.3 Å². The van der Waals surface area contributed by atoms with Gasteiger partial charge in [0.1, 0.15) is 5.75 Å². The zero-order valence-electron chi connectivity index (χ0n) is 12.8. The second-order valence-electron chi connectivity index (χ2n) is 5.94. The first-order chi connectivity index (χ1) is 9.63. The lowest BCUT2D eigenvalue weighted by Gasteiger charge is -2.32. The largest absolute Gasteiger partial charge is 0.493 e. The smallest absolute Gasteiger partial charge is 0.122 e. The maximum absolute atomic E-state index is 6.43. The van der Waals surface area contributed by atoms with E-state index in [1.807, 2.05) is 13.0 Å². The SMILES string of the molecule is CCOC(C(C)C)C(N)CC1CCOc2ccccc21. The van der Waals surface area contributed by atoms with Crippen molar-refractivity contribution >= 4 is 0 Å². The van der Waals surface area contributed by atoms with Crippen LogP contribution in [-0.2, 0) is 4.74 Å². The molecule has 0 amide bonds. The zero-order valence-corrected chi connectivity index (χ0v) is 12.8. The van der Waals surface area contributed by atoms with E-state index in [4.69, 9.17) is 15.2 Å². The molecule has 0 saturated carbocycles. The summed E-state index contributed by atoms with van der Waals surface area (Å²) in [5, 5.41) is 0. The number of hydrogen-bond donors (Lipinski definition) is 1. The maximum atomic E-state index is 6.43. The Morgan fingerprint density at radius 3 is 2.80 bits per heavy atom. The minimum absolute atomic E-state index is 0.0751. The number of ether oxygens (including phenoxy) is 2. The topological polar surface area (TPSA) is 44.5 Å². The van der Waals surface area contributed by atoms with E-state index in [1.54, 1.807) is 0 Å². The summed E-state index contributed by atoms with van der Waals surface area (Å²) in [5.41, 5.74) is 7.73. The van der Waals surface area contributed by atoms with Crippen LogP contribution < -0.4 is 10.5 Å². The molecule has 0 aliphatic carbocycles. The minimum atomic E-state index is 0.0751. The van der Waals surface area contributed by atoms with Crippen molar-refractivity contribution in [3.05, 3.63) is 29.8 Å². The minimum Gasteiger partial charge on any atom is -0.493 e. The second kappa shape index (κ2) is 7.09. The van der Waals surface area contributed by atoms with Crippen molar-refractivity contribution in [1.82, 2.24) is 0 Å². The van der Waals surface area contributed by atoms with E-state index < -0.39 is 0 Å². The van der Waals surface area contributed by atoms with Gasteiger partial charge in [0.15, 0.2) is 0 Å². The number of nitrogens with two attached hydrogens (primary N) is 1. The van der Waals surface area contributed by atoms with Crippen LogP contribution in [0.25, 0.3) is 0 Å². The van der Waals surface area contributed by atoms with E-state index in [2.05, 4.69) is 32.0 Å². The maximum Gasteiger partial charge on any atom is 0.122 e. The molecule has 1 heterocycles. The van der Waals surface area contributed by atoms with Crippen molar-refractivity contribution in [3.8, 4) is 5.75 Å². The molecular weight excluding hydrogens is 250 g/mol. The molecule has 3 nitrogen and oxygen atoms in total. The third-order valence-corrected chi connectivity index (χ3v) is 4.08. The lowest BCUT2D eigenvalue weighted by Crippen LogP contribution is -2.41. The molecule has 0 spiro atoms. The fraction of sp³-hybridized carbons (Fsp3) is 0.647. The third-order valence-electron chi connectivity index (χ3n) is 4.08. The van der Waals surface area contributed by atoms with E-state index in [0.717, 1.165) is 31.8 Å². The Hall–Kier alpha value is -1.06. The third kappa shape index (κ3) is 3.53. The van der Waals surface area contributed by atoms with Gasteiger partial charge in [-0.25, -0.2) is 0 Å². The standard InChI is InChI=1S/C17H27NO2/c1-4-19-17(12(2)3)15(18)11-13-9-10-20-16-8-6-5-7-14(13)16/h5-8,12-13,15,17H,4,9-11,18H2,1-3H3. The van der Waals surface area contributed by atoms with Crippen LogP contribution in [0.1, 0.15) is 45.1 Å². The highest BCUT2D eigenvalue weighted by Crippen LogP contribution is 2.36. The van der Waals surface area contributed by atoms with Gasteiger partial charge >= 0.3 is 0 Å². The summed E-state index contributed by atoms with van der Waals surface area (Å²) in [7, 11) is 0. The summed E-state index contributed by atoms with van der Waals surface area (Å²) in [6.07, 6.45) is 2.14. The van der Waals surface area contributed by atoms with Gasteiger partial charge in [0.2, 0.25) is 0 Å². The van der Waals surface area contributed by atoms with E-state index >= 15 is 0 Å². The number of benzene rings is 1. The highest BCUT2D eigenvalue weighted by molar-refractivity contribution is 5.37. The second-order valence-corrected chi connectivity index (χ2v) is 5.94. The fourth-order valence-corrected chi connectivity index (χ4v) is 3.13. The summed E-state index contributed by atoms with van der Waals surface area (Å²) in [6.45, 7) is 7.90. The predicted octanol–water partition coefficient (Wildman–Crippen LogP) is 3.33. The first-order valence-electron chi connectivity index (χ1n) is 7.72. The van der Waals surface area contributed by atoms with E-state index in [-0.39, 0.29) is 12.1 Å². The Morgan fingerprint density at radius 1 is 1.35 bits per heavy atom. The molecule has 112 valence electrons. The quantitative estimate of drug-likeness (QED) is 0.867. The highest BCUT2D eigenvalue weighted by Gasteiger charge is 2.28. The average molecular weight is 277 g/mol. The number of hydrogen-bond acceptors (Lipinski definition) is 3. The molecule has 0 saturated heterocycles. The zero-order chi connectivity index (χ0) is 14.5. The molecule has 1 aromatic rings. The van der Waals surface area contributed by atoms with Crippen molar-refractivity contribution in [3.63, 3.8) is 0 Å². The number of para-hydroxylation sites is 1. The molecule has 3 heteroatoms. The van der Waals surface area contributed by atoms with E-state index in [1.165, 1.54) is 5.56 Å². The van der Waals surface area contributed by atoms with Gasteiger partial charge in [0.05, 0.1) is 12.7 Å². The molecule has 2 rings (SSSR count). The molecule has 0 fully saturated rings. The van der Waals surface area contributed by atoms with Crippen molar-refractivity contribution in [2.75, 3.05) is 13.2 Å². The van der Waals surface area contributed by atoms with Crippen molar-refractivity contribution in [1.29, 1.82) is 0 Å². The van der Waals surface area contributed by atoms with Crippen LogP contribution in [0.4, 0.5) is 0 Å². The lowest BCUT2D eigenvalue weighted by molar-refractivity contribution is 0.00853. The Morgan fingerprint density at radius 2 is 2.10 bits per heavy atom. The molecule has 3 atom stereocenters. The Bertz CT molecular complexity index is 419. The van der Waals surface area contributed by atoms with Crippen molar-refractivity contribution in [2.45, 2.75) is 51.7 Å². The van der Waals surface area contributed by atoms with Crippen LogP contribution in [0, 0.1) is 5.92 Å². The monoisotopic (exact) mass is 277 g/mol. The van der Waals surface area contributed by atoms with Gasteiger partial charge in [0, 0.05) is 12.6 Å². The fourth-order valence-electron chi connectivity index (χ4n) is 3.13. The van der Waals surface area contributed by atoms with Gasteiger partial charge in [0.25, 0.3) is 0 Å². The summed E-state index contributed by atoms with van der Waals surface area (Å²) in [6, 6.07) is 8.39. The highest BCUT2D eigenvalue weighted by atomic mass is 16.5.